The van der Waals surface area contributed by atoms with Crippen LogP contribution in [0.4, 0.5) is 14.5 Å². The van der Waals surface area contributed by atoms with E-state index >= 15 is 0 Å². The van der Waals surface area contributed by atoms with E-state index in [1.54, 1.807) is 12.3 Å². The molecule has 4 rings (SSSR count). The van der Waals surface area contributed by atoms with Crippen molar-refractivity contribution < 1.29 is 28.2 Å². The van der Waals surface area contributed by atoms with Gasteiger partial charge in [0.1, 0.15) is 23.0 Å². The molecule has 0 aliphatic carbocycles. The monoisotopic (exact) mass is 505 g/mol. The van der Waals surface area contributed by atoms with Gasteiger partial charge in [0.15, 0.2) is 5.65 Å². The average molecular weight is 506 g/mol. The third-order valence-corrected chi connectivity index (χ3v) is 5.17. The molecule has 0 aliphatic rings. The molecular formula is C21H18ClF2N7O4. The van der Waals surface area contributed by atoms with Crippen LogP contribution in [-0.2, 0) is 11.3 Å². The number of hydrogen-bond donors (Lipinski definition) is 3. The fourth-order valence-electron chi connectivity index (χ4n) is 3.28. The van der Waals surface area contributed by atoms with E-state index in [9.17, 15) is 18.4 Å². The predicted molar refractivity (Wildman–Crippen MR) is 120 cm³/mol. The Balaban J connectivity index is 1.73. The van der Waals surface area contributed by atoms with Crippen molar-refractivity contribution in [2.24, 2.45) is 5.73 Å². The summed E-state index contributed by atoms with van der Waals surface area (Å²) in [5.74, 6) is -1.99. The fraction of sp³-hybridized carbons (Fsp3) is 0.190. The number of ether oxygens (including phenoxy) is 1. The van der Waals surface area contributed by atoms with E-state index in [-0.39, 0.29) is 46.2 Å². The molecule has 11 nitrogen and oxygen atoms in total. The highest BCUT2D eigenvalue weighted by molar-refractivity contribution is 6.31. The molecule has 4 aromatic rings. The van der Waals surface area contributed by atoms with Crippen molar-refractivity contribution >= 4 is 34.8 Å². The van der Waals surface area contributed by atoms with E-state index in [2.05, 4.69) is 25.2 Å². The van der Waals surface area contributed by atoms with Crippen LogP contribution in [0.3, 0.4) is 0 Å². The maximum Gasteiger partial charge on any atom is 0.387 e. The maximum atomic E-state index is 13.1. The van der Waals surface area contributed by atoms with Crippen LogP contribution in [0.2, 0.25) is 5.02 Å². The highest BCUT2D eigenvalue weighted by Crippen LogP contribution is 2.37. The van der Waals surface area contributed by atoms with Gasteiger partial charge in [0, 0.05) is 35.7 Å². The Kier molecular flexibility index (Phi) is 6.89. The second kappa shape index (κ2) is 10.0. The van der Waals surface area contributed by atoms with Crippen LogP contribution in [-0.4, -0.2) is 54.0 Å². The topological polar surface area (TPSA) is 150 Å². The first-order chi connectivity index (χ1) is 16.7. The number of alkyl halides is 2. The number of nitrogens with one attached hydrogen (secondary N) is 1. The number of nitrogens with two attached hydrogens (primary N) is 1. The van der Waals surface area contributed by atoms with Gasteiger partial charge in [-0.15, -0.1) is 0 Å². The number of amides is 1. The number of rotatable bonds is 9. The Morgan fingerprint density at radius 1 is 1.31 bits per heavy atom. The third kappa shape index (κ3) is 5.36. The van der Waals surface area contributed by atoms with Gasteiger partial charge >= 0.3 is 12.6 Å². The van der Waals surface area contributed by atoms with Gasteiger partial charge in [-0.05, 0) is 30.7 Å². The number of aliphatic carboxylic acids is 1. The minimum Gasteiger partial charge on any atom is -0.480 e. The number of nitrogens with zero attached hydrogens (tertiary/aromatic N) is 5. The molecule has 0 saturated carbocycles. The number of carbonyl (C=O) groups is 2. The van der Waals surface area contributed by atoms with E-state index in [0.29, 0.717) is 5.65 Å². The summed E-state index contributed by atoms with van der Waals surface area (Å²) in [6, 6.07) is 4.49. The Morgan fingerprint density at radius 2 is 2.11 bits per heavy atom. The summed E-state index contributed by atoms with van der Waals surface area (Å²) >= 11 is 6.09. The highest BCUT2D eigenvalue weighted by atomic mass is 35.5. The molecule has 3 heterocycles. The van der Waals surface area contributed by atoms with Crippen molar-refractivity contribution in [3.8, 4) is 17.0 Å². The molecule has 0 radical (unpaired) electrons. The number of carboxylic acid groups (broad SMARTS) is 1. The van der Waals surface area contributed by atoms with Gasteiger partial charge < -0.3 is 20.9 Å². The lowest BCUT2D eigenvalue weighted by molar-refractivity contribution is -0.138. The van der Waals surface area contributed by atoms with E-state index in [1.807, 2.05) is 0 Å². The molecule has 0 bridgehead atoms. The van der Waals surface area contributed by atoms with Crippen molar-refractivity contribution in [1.29, 1.82) is 0 Å². The summed E-state index contributed by atoms with van der Waals surface area (Å²) in [5, 5.41) is 20.4. The van der Waals surface area contributed by atoms with Crippen LogP contribution in [0.1, 0.15) is 16.8 Å². The Bertz CT molecular complexity index is 1390. The summed E-state index contributed by atoms with van der Waals surface area (Å²) in [7, 11) is 0. The molecule has 0 aliphatic heterocycles. The molecule has 0 spiro atoms. The first kappa shape index (κ1) is 24.0. The van der Waals surface area contributed by atoms with Crippen LogP contribution in [0.15, 0.2) is 49.1 Å². The second-order valence-electron chi connectivity index (χ2n) is 7.31. The van der Waals surface area contributed by atoms with Crippen LogP contribution < -0.4 is 15.8 Å². The van der Waals surface area contributed by atoms with Crippen molar-refractivity contribution in [3.05, 3.63) is 59.6 Å². The van der Waals surface area contributed by atoms with Gasteiger partial charge in [0.05, 0.1) is 11.9 Å². The fourth-order valence-corrected chi connectivity index (χ4v) is 3.46. The van der Waals surface area contributed by atoms with E-state index < -0.39 is 24.5 Å². The minimum absolute atomic E-state index is 0.0255. The number of carbonyl (C=O) groups excluding carboxylic acids is 1. The lowest BCUT2D eigenvalue weighted by Gasteiger charge is -2.11. The highest BCUT2D eigenvalue weighted by Gasteiger charge is 2.22. The summed E-state index contributed by atoms with van der Waals surface area (Å²) in [4.78, 5) is 28.2. The molecule has 0 fully saturated rings. The zero-order valence-corrected chi connectivity index (χ0v) is 18.6. The maximum absolute atomic E-state index is 13.1. The number of carboxylic acids is 1. The molecule has 14 heteroatoms. The van der Waals surface area contributed by atoms with E-state index in [0.717, 1.165) is 0 Å². The lowest BCUT2D eigenvalue weighted by Crippen LogP contribution is -2.31. The predicted octanol–water partition coefficient (Wildman–Crippen LogP) is 2.90. The lowest BCUT2D eigenvalue weighted by atomic mass is 10.1. The molecule has 1 atom stereocenters. The molecule has 182 valence electrons. The zero-order valence-electron chi connectivity index (χ0n) is 17.8. The zero-order chi connectivity index (χ0) is 25.1. The van der Waals surface area contributed by atoms with Gasteiger partial charge in [0.2, 0.25) is 0 Å². The van der Waals surface area contributed by atoms with Gasteiger partial charge in [-0.3, -0.25) is 14.3 Å². The number of benzene rings is 1. The van der Waals surface area contributed by atoms with Crippen molar-refractivity contribution in [1.82, 2.24) is 24.4 Å². The quantitative estimate of drug-likeness (QED) is 0.314. The van der Waals surface area contributed by atoms with Gasteiger partial charge in [-0.25, -0.2) is 9.50 Å². The summed E-state index contributed by atoms with van der Waals surface area (Å²) < 4.78 is 33.4. The normalized spacial score (nSPS) is 12.1. The average Bonchev–Trinajstić information content (AvgIpc) is 3.42. The molecular weight excluding hydrogens is 488 g/mol. The van der Waals surface area contributed by atoms with Crippen LogP contribution in [0, 0.1) is 0 Å². The van der Waals surface area contributed by atoms with Crippen LogP contribution >= 0.6 is 11.6 Å². The molecule has 35 heavy (non-hydrogen) atoms. The Hall–Kier alpha value is -4.10. The van der Waals surface area contributed by atoms with E-state index in [4.69, 9.17) is 22.4 Å². The summed E-state index contributed by atoms with van der Waals surface area (Å²) in [6.07, 6.45) is 5.90. The first-order valence-corrected chi connectivity index (χ1v) is 10.5. The van der Waals surface area contributed by atoms with Crippen LogP contribution in [0.5, 0.6) is 5.75 Å². The van der Waals surface area contributed by atoms with E-state index in [1.165, 1.54) is 46.0 Å². The SMILES string of the molecule is N[C@@H](CCn1cc(NC(=O)c2cnn3cccnc23)c(-c2cc(Cl)ccc2OC(F)F)n1)C(=O)O. The molecule has 3 aromatic heterocycles. The van der Waals surface area contributed by atoms with Crippen molar-refractivity contribution in [2.75, 3.05) is 5.32 Å². The van der Waals surface area contributed by atoms with Crippen molar-refractivity contribution in [3.63, 3.8) is 0 Å². The molecule has 0 saturated heterocycles. The van der Waals surface area contributed by atoms with Crippen molar-refractivity contribution in [2.45, 2.75) is 25.6 Å². The van der Waals surface area contributed by atoms with Gasteiger partial charge in [0.25, 0.3) is 5.91 Å². The number of aryl methyl sites for hydroxylation is 1. The molecule has 0 unspecified atom stereocenters. The van der Waals surface area contributed by atoms with Gasteiger partial charge in [-0.1, -0.05) is 11.6 Å². The minimum atomic E-state index is -3.12. The first-order valence-electron chi connectivity index (χ1n) is 10.1. The largest absolute Gasteiger partial charge is 0.480 e. The molecule has 1 aromatic carbocycles. The Morgan fingerprint density at radius 3 is 2.86 bits per heavy atom. The summed E-state index contributed by atoms with van der Waals surface area (Å²) in [5.41, 5.74) is 6.33. The van der Waals surface area contributed by atoms with Gasteiger partial charge in [-0.2, -0.15) is 19.0 Å². The molecule has 4 N–H and O–H groups in total. The third-order valence-electron chi connectivity index (χ3n) is 4.93. The summed E-state index contributed by atoms with van der Waals surface area (Å²) in [6.45, 7) is -3.05. The smallest absolute Gasteiger partial charge is 0.387 e. The number of anilines is 1. The standard InChI is InChI=1S/C21H18ClF2N7O4/c22-11-2-3-16(35-21(23)24)12(8-11)17-15(10-30(29-17)7-4-14(25)20(33)34)28-19(32)13-9-27-31-6-1-5-26-18(13)31/h1-3,5-6,8-10,14,21H,4,7,25H2,(H,28,32)(H,33,34)/t14-/m0/s1. The number of halogens is 3. The number of fused-ring (bicyclic) bond motifs is 1. The van der Waals surface area contributed by atoms with Crippen LogP contribution in [0.25, 0.3) is 16.9 Å². The number of hydrogen-bond acceptors (Lipinski definition) is 7. The molecule has 1 amide bonds. The number of aromatic nitrogens is 5. The second-order valence-corrected chi connectivity index (χ2v) is 7.74. The Labute approximate surface area is 201 Å².